The largest absolute Gasteiger partial charge is 0.496 e. The minimum atomic E-state index is -1.18. The third-order valence-electron chi connectivity index (χ3n) is 3.16. The monoisotopic (exact) mass is 478 g/mol. The molecule has 0 aliphatic heterocycles. The number of amides is 2. The van der Waals surface area contributed by atoms with Crippen LogP contribution in [0.5, 0.6) is 5.75 Å². The van der Waals surface area contributed by atoms with Crippen LogP contribution in [0.1, 0.15) is 39.3 Å². The van der Waals surface area contributed by atoms with Crippen LogP contribution >= 0.6 is 22.6 Å². The highest BCUT2D eigenvalue weighted by atomic mass is 127. The van der Waals surface area contributed by atoms with Gasteiger partial charge in [0, 0.05) is 0 Å². The number of nitrogens with one attached hydrogen (secondary N) is 2. The molecule has 0 unspecified atom stereocenters. The van der Waals surface area contributed by atoms with Crippen LogP contribution in [-0.2, 0) is 14.3 Å². The molecule has 0 saturated carbocycles. The Labute approximate surface area is 165 Å². The van der Waals surface area contributed by atoms with E-state index in [1.807, 2.05) is 22.6 Å². The summed E-state index contributed by atoms with van der Waals surface area (Å²) in [4.78, 5) is 35.7. The number of alkyl carbamates (subject to hydrolysis) is 1. The van der Waals surface area contributed by atoms with Gasteiger partial charge >= 0.3 is 12.1 Å². The fourth-order valence-corrected chi connectivity index (χ4v) is 2.71. The summed E-state index contributed by atoms with van der Waals surface area (Å²) in [6.07, 6.45) is -0.786. The molecule has 0 aliphatic rings. The van der Waals surface area contributed by atoms with Crippen LogP contribution in [0.2, 0.25) is 0 Å². The minimum absolute atomic E-state index is 0.469. The maximum absolute atomic E-state index is 12.5. The normalized spacial score (nSPS) is 13.3. The first-order valence-corrected chi connectivity index (χ1v) is 8.88. The van der Waals surface area contributed by atoms with Gasteiger partial charge in [-0.15, -0.1) is 0 Å². The second-order valence-electron chi connectivity index (χ2n) is 6.54. The zero-order valence-electron chi connectivity index (χ0n) is 15.3. The number of carboxylic acid groups (broad SMARTS) is 1. The number of carbonyl (C=O) groups is 3. The Bertz CT molecular complexity index is 686. The van der Waals surface area contributed by atoms with E-state index in [0.29, 0.717) is 11.3 Å². The second-order valence-corrected chi connectivity index (χ2v) is 7.70. The lowest BCUT2D eigenvalue weighted by molar-refractivity contribution is -0.141. The van der Waals surface area contributed by atoms with Crippen molar-refractivity contribution >= 4 is 40.6 Å². The zero-order chi connectivity index (χ0) is 20.1. The number of rotatable bonds is 6. The number of ether oxygens (including phenoxy) is 2. The van der Waals surface area contributed by atoms with E-state index in [4.69, 9.17) is 14.6 Å². The SMILES string of the molecule is COc1ccc([C@H](NC(=O)OC(C)(C)C)C(=O)N[C@@H](C)C(=O)O)cc1I. The third-order valence-corrected chi connectivity index (χ3v) is 4.00. The first-order chi connectivity index (χ1) is 11.9. The minimum Gasteiger partial charge on any atom is -0.496 e. The molecule has 0 heterocycles. The predicted molar refractivity (Wildman–Crippen MR) is 103 cm³/mol. The lowest BCUT2D eigenvalue weighted by Gasteiger charge is -2.24. The van der Waals surface area contributed by atoms with E-state index < -0.39 is 35.7 Å². The number of aliphatic carboxylic acids is 1. The molecule has 0 spiro atoms. The van der Waals surface area contributed by atoms with Crippen LogP contribution in [0.4, 0.5) is 4.79 Å². The van der Waals surface area contributed by atoms with Crippen molar-refractivity contribution in [3.05, 3.63) is 27.3 Å². The molecule has 9 heteroatoms. The summed E-state index contributed by atoms with van der Waals surface area (Å²) in [5.74, 6) is -1.23. The van der Waals surface area contributed by atoms with Crippen molar-refractivity contribution in [3.63, 3.8) is 0 Å². The van der Waals surface area contributed by atoms with Crippen molar-refractivity contribution < 1.29 is 29.0 Å². The summed E-state index contributed by atoms with van der Waals surface area (Å²) in [5, 5.41) is 13.8. The Morgan fingerprint density at radius 2 is 1.81 bits per heavy atom. The summed E-state index contributed by atoms with van der Waals surface area (Å²) in [6.45, 7) is 6.43. The molecule has 1 rings (SSSR count). The van der Waals surface area contributed by atoms with E-state index in [2.05, 4.69) is 10.6 Å². The molecular weight excluding hydrogens is 455 g/mol. The number of hydrogen-bond acceptors (Lipinski definition) is 5. The maximum Gasteiger partial charge on any atom is 0.408 e. The van der Waals surface area contributed by atoms with Crippen molar-refractivity contribution in [1.29, 1.82) is 0 Å². The van der Waals surface area contributed by atoms with Crippen LogP contribution in [-0.4, -0.2) is 41.8 Å². The van der Waals surface area contributed by atoms with Gasteiger partial charge in [0.2, 0.25) is 5.91 Å². The molecule has 0 fully saturated rings. The molecule has 0 aromatic heterocycles. The van der Waals surface area contributed by atoms with Gasteiger partial charge in [-0.25, -0.2) is 4.79 Å². The van der Waals surface area contributed by atoms with Crippen molar-refractivity contribution in [3.8, 4) is 5.75 Å². The third kappa shape index (κ3) is 6.70. The van der Waals surface area contributed by atoms with E-state index in [1.165, 1.54) is 14.0 Å². The lowest BCUT2D eigenvalue weighted by atomic mass is 10.1. The highest BCUT2D eigenvalue weighted by Crippen LogP contribution is 2.25. The molecule has 1 aromatic carbocycles. The van der Waals surface area contributed by atoms with Gasteiger partial charge in [-0.2, -0.15) is 0 Å². The summed E-state index contributed by atoms with van der Waals surface area (Å²) in [7, 11) is 1.52. The molecular formula is C17H23IN2O6. The summed E-state index contributed by atoms with van der Waals surface area (Å²) >= 11 is 2.04. The summed E-state index contributed by atoms with van der Waals surface area (Å²) in [6, 6.07) is 2.73. The highest BCUT2D eigenvalue weighted by molar-refractivity contribution is 14.1. The van der Waals surface area contributed by atoms with Crippen molar-refractivity contribution in [2.24, 2.45) is 0 Å². The molecule has 8 nitrogen and oxygen atoms in total. The molecule has 1 aromatic rings. The van der Waals surface area contributed by atoms with E-state index >= 15 is 0 Å². The molecule has 26 heavy (non-hydrogen) atoms. The predicted octanol–water partition coefficient (Wildman–Crippen LogP) is 2.45. The van der Waals surface area contributed by atoms with Crippen LogP contribution in [0, 0.1) is 3.57 Å². The van der Waals surface area contributed by atoms with E-state index in [-0.39, 0.29) is 0 Å². The number of carboxylic acids is 1. The molecule has 3 N–H and O–H groups in total. The molecule has 0 radical (unpaired) electrons. The van der Waals surface area contributed by atoms with Crippen LogP contribution in [0.3, 0.4) is 0 Å². The topological polar surface area (TPSA) is 114 Å². The van der Waals surface area contributed by atoms with Crippen molar-refractivity contribution in [2.75, 3.05) is 7.11 Å². The van der Waals surface area contributed by atoms with Crippen molar-refractivity contribution in [1.82, 2.24) is 10.6 Å². The van der Waals surface area contributed by atoms with Crippen LogP contribution < -0.4 is 15.4 Å². The van der Waals surface area contributed by atoms with Gasteiger partial charge in [0.15, 0.2) is 0 Å². The molecule has 2 atom stereocenters. The number of halogens is 1. The number of benzene rings is 1. The first kappa shape index (κ1) is 22.0. The smallest absolute Gasteiger partial charge is 0.408 e. The van der Waals surface area contributed by atoms with Crippen LogP contribution in [0.15, 0.2) is 18.2 Å². The molecule has 144 valence electrons. The molecule has 0 saturated heterocycles. The quantitative estimate of drug-likeness (QED) is 0.542. The van der Waals surface area contributed by atoms with Gasteiger partial charge in [0.25, 0.3) is 0 Å². The molecule has 0 aliphatic carbocycles. The Morgan fingerprint density at radius 3 is 2.27 bits per heavy atom. The number of methoxy groups -OCH3 is 1. The Balaban J connectivity index is 3.12. The van der Waals surface area contributed by atoms with Gasteiger partial charge in [0.1, 0.15) is 23.4 Å². The molecule has 2 amide bonds. The Kier molecular flexibility index (Phi) is 7.67. The fourth-order valence-electron chi connectivity index (χ4n) is 1.95. The van der Waals surface area contributed by atoms with E-state index in [0.717, 1.165) is 3.57 Å². The zero-order valence-corrected chi connectivity index (χ0v) is 17.4. The lowest BCUT2D eigenvalue weighted by Crippen LogP contribution is -2.47. The van der Waals surface area contributed by atoms with Gasteiger partial charge in [-0.1, -0.05) is 6.07 Å². The van der Waals surface area contributed by atoms with E-state index in [1.54, 1.807) is 39.0 Å². The van der Waals surface area contributed by atoms with E-state index in [9.17, 15) is 14.4 Å². The standard InChI is InChI=1S/C17H23IN2O6/c1-9(15(22)23)19-14(21)13(20-16(24)26-17(2,3)4)10-6-7-12(25-5)11(18)8-10/h6-9,13H,1-5H3,(H,19,21)(H,20,24)(H,22,23)/t9-,13-/m0/s1. The number of carbonyl (C=O) groups excluding carboxylic acids is 2. The average Bonchev–Trinajstić information content (AvgIpc) is 2.50. The Hall–Kier alpha value is -2.04. The first-order valence-electron chi connectivity index (χ1n) is 7.80. The summed E-state index contributed by atoms with van der Waals surface area (Å²) < 4.78 is 11.1. The molecule has 0 bridgehead atoms. The highest BCUT2D eigenvalue weighted by Gasteiger charge is 2.28. The second kappa shape index (κ2) is 9.06. The maximum atomic E-state index is 12.5. The van der Waals surface area contributed by atoms with Gasteiger partial charge in [0.05, 0.1) is 10.7 Å². The average molecular weight is 478 g/mol. The van der Waals surface area contributed by atoms with Crippen molar-refractivity contribution in [2.45, 2.75) is 45.4 Å². The fraction of sp³-hybridized carbons (Fsp3) is 0.471. The van der Waals surface area contributed by atoms with Gasteiger partial charge in [-0.05, 0) is 68.0 Å². The number of hydrogen-bond donors (Lipinski definition) is 3. The summed E-state index contributed by atoms with van der Waals surface area (Å²) in [5.41, 5.74) is -0.274. The van der Waals surface area contributed by atoms with Crippen LogP contribution in [0.25, 0.3) is 0 Å². The Morgan fingerprint density at radius 1 is 1.19 bits per heavy atom. The van der Waals surface area contributed by atoms with Gasteiger partial charge in [-0.3, -0.25) is 9.59 Å². The van der Waals surface area contributed by atoms with Gasteiger partial charge < -0.3 is 25.2 Å².